The molecule has 0 radical (unpaired) electrons. The molecule has 0 aliphatic carbocycles. The van der Waals surface area contributed by atoms with E-state index in [2.05, 4.69) is 16.6 Å². The second-order valence-corrected chi connectivity index (χ2v) is 4.85. The van der Waals surface area contributed by atoms with Crippen molar-refractivity contribution in [1.29, 1.82) is 0 Å². The highest BCUT2D eigenvalue weighted by Crippen LogP contribution is 2.23. The highest BCUT2D eigenvalue weighted by atomic mass is 14.9. The molecule has 0 spiro atoms. The molecule has 5 heteroatoms. The summed E-state index contributed by atoms with van der Waals surface area (Å²) in [5, 5.41) is 0. The molecule has 1 aromatic carbocycles. The van der Waals surface area contributed by atoms with E-state index < -0.39 is 0 Å². The van der Waals surface area contributed by atoms with Crippen molar-refractivity contribution in [3.05, 3.63) is 77.9 Å². The zero-order valence-electron chi connectivity index (χ0n) is 12.5. The summed E-state index contributed by atoms with van der Waals surface area (Å²) in [6.45, 7) is 5.47. The van der Waals surface area contributed by atoms with E-state index in [4.69, 9.17) is 17.2 Å². The molecule has 6 N–H and O–H groups in total. The van der Waals surface area contributed by atoms with Gasteiger partial charge in [0.15, 0.2) is 0 Å². The van der Waals surface area contributed by atoms with E-state index in [1.165, 1.54) is 0 Å². The zero-order valence-corrected chi connectivity index (χ0v) is 12.5. The maximum absolute atomic E-state index is 6.09. The SMILES string of the molecule is C=C(N)N=C(/C(=C(/C)N)c1ccc(N)nc1)c1ccccc1. The van der Waals surface area contributed by atoms with E-state index in [-0.39, 0.29) is 5.82 Å². The van der Waals surface area contributed by atoms with Gasteiger partial charge in [-0.15, -0.1) is 0 Å². The Morgan fingerprint density at radius 2 is 1.73 bits per heavy atom. The molecule has 0 aliphatic rings. The quantitative estimate of drug-likeness (QED) is 0.752. The third kappa shape index (κ3) is 3.52. The van der Waals surface area contributed by atoms with Crippen LogP contribution in [0.1, 0.15) is 18.1 Å². The van der Waals surface area contributed by atoms with Crippen molar-refractivity contribution in [2.24, 2.45) is 16.5 Å². The number of hydrogen-bond acceptors (Lipinski definition) is 5. The van der Waals surface area contributed by atoms with Crippen molar-refractivity contribution in [1.82, 2.24) is 4.98 Å². The number of anilines is 1. The lowest BCUT2D eigenvalue weighted by molar-refractivity contribution is 1.25. The third-order valence-corrected chi connectivity index (χ3v) is 3.01. The van der Waals surface area contributed by atoms with Crippen molar-refractivity contribution in [2.75, 3.05) is 5.73 Å². The molecule has 2 rings (SSSR count). The van der Waals surface area contributed by atoms with Gasteiger partial charge in [0.25, 0.3) is 0 Å². The van der Waals surface area contributed by atoms with Crippen LogP contribution in [0.3, 0.4) is 0 Å². The molecule has 0 amide bonds. The Kier molecular flexibility index (Phi) is 4.58. The molecule has 1 heterocycles. The second kappa shape index (κ2) is 6.58. The number of nitrogens with two attached hydrogens (primary N) is 3. The molecule has 0 atom stereocenters. The lowest BCUT2D eigenvalue weighted by Crippen LogP contribution is -2.12. The molecular formula is C17H19N5. The first-order valence-corrected chi connectivity index (χ1v) is 6.76. The van der Waals surface area contributed by atoms with Crippen LogP contribution in [0.15, 0.2) is 71.8 Å². The number of nitrogen functional groups attached to an aromatic ring is 1. The number of allylic oxidation sites excluding steroid dienone is 2. The summed E-state index contributed by atoms with van der Waals surface area (Å²) in [5.74, 6) is 0.653. The largest absolute Gasteiger partial charge is 0.402 e. The molecule has 112 valence electrons. The molecule has 0 aliphatic heterocycles. The van der Waals surface area contributed by atoms with Gasteiger partial charge in [-0.05, 0) is 19.1 Å². The highest BCUT2D eigenvalue weighted by molar-refractivity contribution is 6.32. The van der Waals surface area contributed by atoms with Crippen molar-refractivity contribution in [3.8, 4) is 0 Å². The van der Waals surface area contributed by atoms with E-state index in [1.54, 1.807) is 12.3 Å². The first kappa shape index (κ1) is 15.3. The summed E-state index contributed by atoms with van der Waals surface area (Å²) >= 11 is 0. The van der Waals surface area contributed by atoms with E-state index in [1.807, 2.05) is 43.3 Å². The predicted octanol–water partition coefficient (Wildman–Crippen LogP) is 2.27. The number of benzene rings is 1. The topological polar surface area (TPSA) is 103 Å². The van der Waals surface area contributed by atoms with Crippen LogP contribution < -0.4 is 17.2 Å². The molecule has 0 bridgehead atoms. The normalized spacial score (nSPS) is 12.7. The fraction of sp³-hybridized carbons (Fsp3) is 0.0588. The van der Waals surface area contributed by atoms with Crippen molar-refractivity contribution in [2.45, 2.75) is 6.92 Å². The Labute approximate surface area is 129 Å². The van der Waals surface area contributed by atoms with Crippen LogP contribution in [0.25, 0.3) is 5.57 Å². The van der Waals surface area contributed by atoms with Crippen LogP contribution in [0.4, 0.5) is 5.82 Å². The van der Waals surface area contributed by atoms with Gasteiger partial charge < -0.3 is 17.2 Å². The van der Waals surface area contributed by atoms with E-state index in [0.717, 1.165) is 16.7 Å². The molecule has 22 heavy (non-hydrogen) atoms. The van der Waals surface area contributed by atoms with Gasteiger partial charge in [0.2, 0.25) is 0 Å². The lowest BCUT2D eigenvalue weighted by Gasteiger charge is -2.14. The lowest BCUT2D eigenvalue weighted by atomic mass is 9.95. The summed E-state index contributed by atoms with van der Waals surface area (Å²) < 4.78 is 0. The Balaban J connectivity index is 2.64. The van der Waals surface area contributed by atoms with E-state index in [0.29, 0.717) is 17.2 Å². The fourth-order valence-electron chi connectivity index (χ4n) is 2.11. The van der Waals surface area contributed by atoms with Gasteiger partial charge in [0, 0.05) is 28.6 Å². The highest BCUT2D eigenvalue weighted by Gasteiger charge is 2.15. The third-order valence-electron chi connectivity index (χ3n) is 3.01. The molecule has 5 nitrogen and oxygen atoms in total. The summed E-state index contributed by atoms with van der Waals surface area (Å²) in [6, 6.07) is 13.2. The van der Waals surface area contributed by atoms with Crippen LogP contribution in [-0.4, -0.2) is 10.7 Å². The van der Waals surface area contributed by atoms with Gasteiger partial charge in [-0.3, -0.25) is 0 Å². The van der Waals surface area contributed by atoms with Crippen LogP contribution in [-0.2, 0) is 0 Å². The minimum atomic E-state index is 0.209. The second-order valence-electron chi connectivity index (χ2n) is 4.85. The van der Waals surface area contributed by atoms with Crippen molar-refractivity contribution >= 4 is 17.1 Å². The van der Waals surface area contributed by atoms with Gasteiger partial charge in [-0.25, -0.2) is 9.98 Å². The number of pyridine rings is 1. The van der Waals surface area contributed by atoms with Gasteiger partial charge in [0.05, 0.1) is 5.71 Å². The molecule has 0 unspecified atom stereocenters. The van der Waals surface area contributed by atoms with Crippen LogP contribution in [0.2, 0.25) is 0 Å². The number of hydrogen-bond donors (Lipinski definition) is 3. The number of aromatic nitrogens is 1. The molecule has 0 saturated heterocycles. The van der Waals surface area contributed by atoms with E-state index >= 15 is 0 Å². The van der Waals surface area contributed by atoms with Crippen molar-refractivity contribution in [3.63, 3.8) is 0 Å². The fourth-order valence-corrected chi connectivity index (χ4v) is 2.11. The predicted molar refractivity (Wildman–Crippen MR) is 91.7 cm³/mol. The number of nitrogens with zero attached hydrogens (tertiary/aromatic N) is 2. The summed E-state index contributed by atoms with van der Waals surface area (Å²) in [6.07, 6.45) is 1.67. The summed E-state index contributed by atoms with van der Waals surface area (Å²) in [7, 11) is 0. The first-order valence-electron chi connectivity index (χ1n) is 6.76. The summed E-state index contributed by atoms with van der Waals surface area (Å²) in [4.78, 5) is 8.49. The Hall–Kier alpha value is -3.08. The first-order chi connectivity index (χ1) is 10.5. The van der Waals surface area contributed by atoms with Gasteiger partial charge in [0.1, 0.15) is 11.6 Å². The minimum absolute atomic E-state index is 0.209. The van der Waals surface area contributed by atoms with Gasteiger partial charge >= 0.3 is 0 Å². The number of aliphatic imine (C=N–C) groups is 1. The maximum atomic E-state index is 6.09. The average molecular weight is 293 g/mol. The van der Waals surface area contributed by atoms with Gasteiger partial charge in [-0.2, -0.15) is 0 Å². The van der Waals surface area contributed by atoms with E-state index in [9.17, 15) is 0 Å². The van der Waals surface area contributed by atoms with Crippen LogP contribution in [0, 0.1) is 0 Å². The number of rotatable bonds is 4. The summed E-state index contributed by atoms with van der Waals surface area (Å²) in [5.41, 5.74) is 21.2. The monoisotopic (exact) mass is 293 g/mol. The molecule has 2 aromatic rings. The smallest absolute Gasteiger partial charge is 0.123 e. The Morgan fingerprint density at radius 1 is 1.05 bits per heavy atom. The maximum Gasteiger partial charge on any atom is 0.123 e. The zero-order chi connectivity index (χ0) is 16.1. The van der Waals surface area contributed by atoms with Crippen LogP contribution in [0.5, 0.6) is 0 Å². The minimum Gasteiger partial charge on any atom is -0.402 e. The Morgan fingerprint density at radius 3 is 2.23 bits per heavy atom. The molecular weight excluding hydrogens is 274 g/mol. The standard InChI is InChI=1S/C17H19N5/c1-11(18)16(14-8-9-15(20)21-10-14)17(22-12(2)19)13-6-4-3-5-7-13/h3-10H,2,18-19H2,1H3,(H2,20,21)/b16-11-,22-17?. The average Bonchev–Trinajstić information content (AvgIpc) is 2.49. The molecule has 1 aromatic heterocycles. The molecule has 0 saturated carbocycles. The van der Waals surface area contributed by atoms with Crippen molar-refractivity contribution < 1.29 is 0 Å². The van der Waals surface area contributed by atoms with Crippen LogP contribution >= 0.6 is 0 Å². The Bertz CT molecular complexity index is 723. The molecule has 0 fully saturated rings. The van der Waals surface area contributed by atoms with Gasteiger partial charge in [-0.1, -0.05) is 36.9 Å².